The van der Waals surface area contributed by atoms with Gasteiger partial charge in [0.15, 0.2) is 0 Å². The molecule has 1 aromatic heterocycles. The molecular weight excluding hydrogens is 251 g/mol. The molecule has 0 unspecified atom stereocenters. The SMILES string of the molecule is Nc1ccc2c(c1)ncn2CCSC(F)(F)F. The van der Waals surface area contributed by atoms with Crippen molar-refractivity contribution < 1.29 is 13.2 Å². The maximum atomic E-state index is 12.0. The van der Waals surface area contributed by atoms with Crippen molar-refractivity contribution in [2.45, 2.75) is 12.1 Å². The molecule has 0 spiro atoms. The highest BCUT2D eigenvalue weighted by atomic mass is 32.2. The molecule has 0 aliphatic heterocycles. The largest absolute Gasteiger partial charge is 0.441 e. The Morgan fingerprint density at radius 2 is 2.12 bits per heavy atom. The van der Waals surface area contributed by atoms with Crippen LogP contribution in [-0.4, -0.2) is 20.8 Å². The molecule has 2 rings (SSSR count). The average Bonchev–Trinajstić information content (AvgIpc) is 2.59. The summed E-state index contributed by atoms with van der Waals surface area (Å²) in [6, 6.07) is 5.16. The number of halogens is 3. The van der Waals surface area contributed by atoms with Crippen molar-refractivity contribution in [2.75, 3.05) is 11.5 Å². The summed E-state index contributed by atoms with van der Waals surface area (Å²) in [6.07, 6.45) is 1.53. The van der Waals surface area contributed by atoms with Gasteiger partial charge in [-0.1, -0.05) is 0 Å². The van der Waals surface area contributed by atoms with Gasteiger partial charge in [0.05, 0.1) is 17.4 Å². The minimum absolute atomic E-state index is 0.0284. The predicted octanol–water partition coefficient (Wildman–Crippen LogP) is 2.87. The number of nitrogens with zero attached hydrogens (tertiary/aromatic N) is 2. The van der Waals surface area contributed by atoms with Crippen molar-refractivity contribution in [3.63, 3.8) is 0 Å². The summed E-state index contributed by atoms with van der Waals surface area (Å²) in [5.74, 6) is -0.0284. The van der Waals surface area contributed by atoms with Crippen LogP contribution in [0.5, 0.6) is 0 Å². The Kier molecular flexibility index (Phi) is 3.19. The lowest BCUT2D eigenvalue weighted by Crippen LogP contribution is -2.06. The number of anilines is 1. The molecule has 7 heteroatoms. The van der Waals surface area contributed by atoms with Crippen LogP contribution < -0.4 is 5.73 Å². The standard InChI is InChI=1S/C10H10F3N3S/c11-10(12,13)17-4-3-16-6-15-8-5-7(14)1-2-9(8)16/h1-2,5-6H,3-4,14H2. The van der Waals surface area contributed by atoms with Crippen molar-refractivity contribution in [1.82, 2.24) is 9.55 Å². The van der Waals surface area contributed by atoms with Crippen LogP contribution >= 0.6 is 11.8 Å². The fourth-order valence-corrected chi connectivity index (χ4v) is 2.04. The topological polar surface area (TPSA) is 43.8 Å². The van der Waals surface area contributed by atoms with Crippen molar-refractivity contribution in [3.8, 4) is 0 Å². The quantitative estimate of drug-likeness (QED) is 0.864. The Morgan fingerprint density at radius 3 is 2.82 bits per heavy atom. The van der Waals surface area contributed by atoms with Gasteiger partial charge in [-0.15, -0.1) is 0 Å². The fourth-order valence-electron chi connectivity index (χ4n) is 1.52. The molecule has 0 saturated heterocycles. The number of aromatic nitrogens is 2. The van der Waals surface area contributed by atoms with Gasteiger partial charge in [0.25, 0.3) is 0 Å². The van der Waals surface area contributed by atoms with E-state index in [9.17, 15) is 13.2 Å². The second kappa shape index (κ2) is 4.48. The average molecular weight is 261 g/mol. The van der Waals surface area contributed by atoms with Gasteiger partial charge in [0, 0.05) is 18.0 Å². The summed E-state index contributed by atoms with van der Waals surface area (Å²) < 4.78 is 37.6. The number of imidazole rings is 1. The molecule has 0 aliphatic rings. The van der Waals surface area contributed by atoms with Crippen LogP contribution in [-0.2, 0) is 6.54 Å². The fraction of sp³-hybridized carbons (Fsp3) is 0.300. The monoisotopic (exact) mass is 261 g/mol. The number of hydrogen-bond acceptors (Lipinski definition) is 3. The van der Waals surface area contributed by atoms with Gasteiger partial charge in [0.2, 0.25) is 0 Å². The van der Waals surface area contributed by atoms with Crippen molar-refractivity contribution in [1.29, 1.82) is 0 Å². The molecule has 0 aliphatic carbocycles. The van der Waals surface area contributed by atoms with Crippen LogP contribution in [0.15, 0.2) is 24.5 Å². The lowest BCUT2D eigenvalue weighted by Gasteiger charge is -2.06. The number of nitrogen functional groups attached to an aromatic ring is 1. The van der Waals surface area contributed by atoms with Crippen molar-refractivity contribution in [3.05, 3.63) is 24.5 Å². The number of alkyl halides is 3. The molecule has 2 N–H and O–H groups in total. The molecule has 92 valence electrons. The van der Waals surface area contributed by atoms with Gasteiger partial charge in [-0.2, -0.15) is 13.2 Å². The van der Waals surface area contributed by atoms with Gasteiger partial charge >= 0.3 is 5.51 Å². The summed E-state index contributed by atoms with van der Waals surface area (Å²) in [5.41, 5.74) is 3.49. The van der Waals surface area contributed by atoms with E-state index in [1.807, 2.05) is 0 Å². The number of hydrogen-bond donors (Lipinski definition) is 1. The first-order chi connectivity index (χ1) is 7.96. The lowest BCUT2D eigenvalue weighted by molar-refractivity contribution is -0.0328. The Hall–Kier alpha value is -1.37. The zero-order chi connectivity index (χ0) is 12.5. The maximum absolute atomic E-state index is 12.0. The van der Waals surface area contributed by atoms with E-state index in [0.29, 0.717) is 11.2 Å². The normalized spacial score (nSPS) is 12.2. The summed E-state index contributed by atoms with van der Waals surface area (Å²) in [6.45, 7) is 0.268. The zero-order valence-electron chi connectivity index (χ0n) is 8.74. The summed E-state index contributed by atoms with van der Waals surface area (Å²) >= 11 is -0.0298. The number of thioether (sulfide) groups is 1. The first-order valence-corrected chi connectivity index (χ1v) is 5.85. The Morgan fingerprint density at radius 1 is 1.35 bits per heavy atom. The van der Waals surface area contributed by atoms with Crippen LogP contribution in [0.1, 0.15) is 0 Å². The molecule has 1 aromatic carbocycles. The minimum atomic E-state index is -4.18. The van der Waals surface area contributed by atoms with E-state index in [1.54, 1.807) is 22.8 Å². The number of aryl methyl sites for hydroxylation is 1. The second-order valence-corrected chi connectivity index (χ2v) is 4.64. The molecule has 0 atom stereocenters. The van der Waals surface area contributed by atoms with E-state index in [1.165, 1.54) is 6.33 Å². The Labute approximate surface area is 99.8 Å². The highest BCUT2D eigenvalue weighted by Crippen LogP contribution is 2.30. The molecule has 0 amide bonds. The maximum Gasteiger partial charge on any atom is 0.441 e. The van der Waals surface area contributed by atoms with E-state index in [-0.39, 0.29) is 24.1 Å². The van der Waals surface area contributed by atoms with Gasteiger partial charge in [-0.05, 0) is 30.0 Å². The van der Waals surface area contributed by atoms with E-state index in [2.05, 4.69) is 4.98 Å². The van der Waals surface area contributed by atoms with Crippen LogP contribution in [0.2, 0.25) is 0 Å². The van der Waals surface area contributed by atoms with Crippen molar-refractivity contribution in [2.24, 2.45) is 0 Å². The summed E-state index contributed by atoms with van der Waals surface area (Å²) in [5, 5.41) is 0. The number of fused-ring (bicyclic) bond motifs is 1. The van der Waals surface area contributed by atoms with Crippen LogP contribution in [0.3, 0.4) is 0 Å². The lowest BCUT2D eigenvalue weighted by atomic mass is 10.3. The van der Waals surface area contributed by atoms with Gasteiger partial charge in [-0.3, -0.25) is 0 Å². The van der Waals surface area contributed by atoms with E-state index in [4.69, 9.17) is 5.73 Å². The highest BCUT2D eigenvalue weighted by Gasteiger charge is 2.27. The first kappa shape index (κ1) is 12.1. The predicted molar refractivity (Wildman–Crippen MR) is 62.7 cm³/mol. The molecule has 1 heterocycles. The molecule has 0 saturated carbocycles. The minimum Gasteiger partial charge on any atom is -0.399 e. The van der Waals surface area contributed by atoms with Gasteiger partial charge in [0.1, 0.15) is 0 Å². The number of rotatable bonds is 3. The van der Waals surface area contributed by atoms with Crippen LogP contribution in [0.25, 0.3) is 11.0 Å². The molecule has 3 nitrogen and oxygen atoms in total. The third kappa shape index (κ3) is 3.06. The molecular formula is C10H10F3N3S. The molecule has 2 aromatic rings. The Bertz CT molecular complexity index is 521. The van der Waals surface area contributed by atoms with Crippen LogP contribution in [0, 0.1) is 0 Å². The molecule has 0 fully saturated rings. The number of nitrogens with two attached hydrogens (primary N) is 1. The summed E-state index contributed by atoms with van der Waals surface area (Å²) in [4.78, 5) is 4.09. The Balaban J connectivity index is 2.09. The third-order valence-electron chi connectivity index (χ3n) is 2.24. The highest BCUT2D eigenvalue weighted by molar-refractivity contribution is 8.00. The number of benzene rings is 1. The van der Waals surface area contributed by atoms with Gasteiger partial charge < -0.3 is 10.3 Å². The van der Waals surface area contributed by atoms with Gasteiger partial charge in [-0.25, -0.2) is 4.98 Å². The zero-order valence-corrected chi connectivity index (χ0v) is 9.55. The second-order valence-electron chi connectivity index (χ2n) is 3.48. The smallest absolute Gasteiger partial charge is 0.399 e. The third-order valence-corrected chi connectivity index (χ3v) is 2.96. The molecule has 0 bridgehead atoms. The first-order valence-electron chi connectivity index (χ1n) is 4.87. The van der Waals surface area contributed by atoms with E-state index in [0.717, 1.165) is 5.52 Å². The molecule has 17 heavy (non-hydrogen) atoms. The van der Waals surface area contributed by atoms with Crippen LogP contribution in [0.4, 0.5) is 18.9 Å². The molecule has 0 radical (unpaired) electrons. The van der Waals surface area contributed by atoms with Crippen molar-refractivity contribution >= 4 is 28.5 Å². The van der Waals surface area contributed by atoms with E-state index < -0.39 is 5.51 Å². The van der Waals surface area contributed by atoms with E-state index >= 15 is 0 Å². The summed E-state index contributed by atoms with van der Waals surface area (Å²) in [7, 11) is 0.